The second kappa shape index (κ2) is 5.59. The Labute approximate surface area is 139 Å². The predicted octanol–water partition coefficient (Wildman–Crippen LogP) is 5.88. The number of hydrogen-bond donors (Lipinski definition) is 0. The Kier molecular flexibility index (Phi) is 3.95. The summed E-state index contributed by atoms with van der Waals surface area (Å²) in [5, 5.41) is 0.228. The van der Waals surface area contributed by atoms with E-state index in [2.05, 4.69) is 20.9 Å². The van der Waals surface area contributed by atoms with E-state index < -0.39 is 0 Å². The molecule has 108 valence electrons. The van der Waals surface area contributed by atoms with Gasteiger partial charge >= 0.3 is 0 Å². The lowest BCUT2D eigenvalue weighted by atomic mass is 10.2. The molecule has 6 heteroatoms. The van der Waals surface area contributed by atoms with E-state index >= 15 is 0 Å². The summed E-state index contributed by atoms with van der Waals surface area (Å²) >= 11 is 15.9. The maximum atomic E-state index is 13.4. The lowest BCUT2D eigenvalue weighted by molar-refractivity contribution is 0.629. The number of rotatable bonds is 2. The molecule has 0 fully saturated rings. The molecule has 1 heterocycles. The number of benzene rings is 2. The van der Waals surface area contributed by atoms with Crippen LogP contribution in [0.15, 0.2) is 40.9 Å². The van der Waals surface area contributed by atoms with Crippen LogP contribution in [0.2, 0.25) is 5.02 Å². The van der Waals surface area contributed by atoms with E-state index in [1.54, 1.807) is 12.1 Å². The first-order chi connectivity index (χ1) is 9.97. The van der Waals surface area contributed by atoms with E-state index in [-0.39, 0.29) is 11.2 Å². The number of halogens is 4. The minimum Gasteiger partial charge on any atom is -0.294 e. The number of hydrogen-bond acceptors (Lipinski definition) is 1. The van der Waals surface area contributed by atoms with Crippen LogP contribution in [0.25, 0.3) is 16.7 Å². The van der Waals surface area contributed by atoms with E-state index in [1.807, 2.05) is 23.6 Å². The van der Waals surface area contributed by atoms with Gasteiger partial charge in [0.2, 0.25) is 0 Å². The summed E-state index contributed by atoms with van der Waals surface area (Å²) in [4.78, 5) is 4.43. The molecule has 0 saturated heterocycles. The topological polar surface area (TPSA) is 17.8 Å². The van der Waals surface area contributed by atoms with Gasteiger partial charge in [0.15, 0.2) is 0 Å². The van der Waals surface area contributed by atoms with Crippen molar-refractivity contribution in [2.75, 3.05) is 0 Å². The van der Waals surface area contributed by atoms with Gasteiger partial charge < -0.3 is 0 Å². The van der Waals surface area contributed by atoms with Crippen molar-refractivity contribution in [2.45, 2.75) is 12.3 Å². The van der Waals surface area contributed by atoms with Crippen LogP contribution in [0, 0.1) is 5.82 Å². The number of imidazole rings is 1. The standard InChI is InChI=1S/C15H10BrCl2FN2/c1-8(17)15-20-12-7-10(19)3-5-14(12)21(15)13-4-2-9(16)6-11(13)18/h2-8H,1H3. The highest BCUT2D eigenvalue weighted by Gasteiger charge is 2.18. The number of alkyl halides is 1. The van der Waals surface area contributed by atoms with Crippen LogP contribution < -0.4 is 0 Å². The molecule has 3 aromatic rings. The average molecular weight is 388 g/mol. The van der Waals surface area contributed by atoms with Gasteiger partial charge in [-0.05, 0) is 37.3 Å². The monoisotopic (exact) mass is 386 g/mol. The molecule has 0 aliphatic heterocycles. The highest BCUT2D eigenvalue weighted by Crippen LogP contribution is 2.32. The third-order valence-corrected chi connectivity index (χ3v) is 4.14. The molecule has 1 unspecified atom stereocenters. The Balaban J connectivity index is 2.36. The molecule has 1 aromatic heterocycles. The number of aromatic nitrogens is 2. The van der Waals surface area contributed by atoms with Crippen LogP contribution in [0.3, 0.4) is 0 Å². The zero-order valence-electron chi connectivity index (χ0n) is 10.9. The lowest BCUT2D eigenvalue weighted by Crippen LogP contribution is -2.02. The van der Waals surface area contributed by atoms with E-state index in [9.17, 15) is 4.39 Å². The van der Waals surface area contributed by atoms with Crippen LogP contribution >= 0.6 is 39.1 Å². The fraction of sp³-hybridized carbons (Fsp3) is 0.133. The van der Waals surface area contributed by atoms with Gasteiger partial charge in [0, 0.05) is 10.5 Å². The molecular formula is C15H10BrCl2FN2. The Morgan fingerprint density at radius 1 is 1.24 bits per heavy atom. The van der Waals surface area contributed by atoms with Gasteiger partial charge in [-0.25, -0.2) is 9.37 Å². The van der Waals surface area contributed by atoms with Crippen molar-refractivity contribution in [3.63, 3.8) is 0 Å². The molecule has 0 saturated carbocycles. The normalized spacial score (nSPS) is 12.8. The van der Waals surface area contributed by atoms with Crippen molar-refractivity contribution >= 4 is 50.2 Å². The van der Waals surface area contributed by atoms with E-state index in [4.69, 9.17) is 23.2 Å². The van der Waals surface area contributed by atoms with Crippen LogP contribution in [0.1, 0.15) is 18.1 Å². The Hall–Kier alpha value is -1.10. The van der Waals surface area contributed by atoms with Crippen LogP contribution in [-0.4, -0.2) is 9.55 Å². The summed E-state index contributed by atoms with van der Waals surface area (Å²) in [5.41, 5.74) is 2.08. The number of fused-ring (bicyclic) bond motifs is 1. The maximum absolute atomic E-state index is 13.4. The smallest absolute Gasteiger partial charge is 0.132 e. The molecule has 0 amide bonds. The molecule has 3 rings (SSSR count). The second-order valence-corrected chi connectivity index (χ2v) is 6.63. The number of nitrogens with zero attached hydrogens (tertiary/aromatic N) is 2. The Morgan fingerprint density at radius 3 is 2.67 bits per heavy atom. The van der Waals surface area contributed by atoms with Crippen molar-refractivity contribution in [1.82, 2.24) is 9.55 Å². The average Bonchev–Trinajstić information content (AvgIpc) is 2.77. The molecule has 2 aromatic carbocycles. The Morgan fingerprint density at radius 2 is 2.00 bits per heavy atom. The molecule has 0 N–H and O–H groups in total. The zero-order chi connectivity index (χ0) is 15.1. The maximum Gasteiger partial charge on any atom is 0.132 e. The fourth-order valence-electron chi connectivity index (χ4n) is 2.25. The first-order valence-corrected chi connectivity index (χ1v) is 7.85. The molecule has 0 spiro atoms. The van der Waals surface area contributed by atoms with Gasteiger partial charge in [-0.2, -0.15) is 0 Å². The fourth-order valence-corrected chi connectivity index (χ4v) is 3.16. The van der Waals surface area contributed by atoms with Crippen molar-refractivity contribution < 1.29 is 4.39 Å². The van der Waals surface area contributed by atoms with Crippen LogP contribution in [-0.2, 0) is 0 Å². The molecule has 21 heavy (non-hydrogen) atoms. The zero-order valence-corrected chi connectivity index (χ0v) is 14.0. The van der Waals surface area contributed by atoms with Gasteiger partial charge in [0.25, 0.3) is 0 Å². The van der Waals surface area contributed by atoms with E-state index in [0.717, 1.165) is 15.7 Å². The summed E-state index contributed by atoms with van der Waals surface area (Å²) in [5.74, 6) is 0.296. The lowest BCUT2D eigenvalue weighted by Gasteiger charge is -2.12. The third kappa shape index (κ3) is 2.68. The molecule has 0 bridgehead atoms. The van der Waals surface area contributed by atoms with E-state index in [0.29, 0.717) is 16.4 Å². The first-order valence-electron chi connectivity index (χ1n) is 6.25. The quantitative estimate of drug-likeness (QED) is 0.502. The summed E-state index contributed by atoms with van der Waals surface area (Å²) in [6, 6.07) is 10.0. The molecule has 0 radical (unpaired) electrons. The van der Waals surface area contributed by atoms with Gasteiger partial charge in [-0.1, -0.05) is 27.5 Å². The van der Waals surface area contributed by atoms with E-state index in [1.165, 1.54) is 12.1 Å². The van der Waals surface area contributed by atoms with Gasteiger partial charge in [0.05, 0.1) is 27.1 Å². The summed E-state index contributed by atoms with van der Waals surface area (Å²) in [6.07, 6.45) is 0. The predicted molar refractivity (Wildman–Crippen MR) is 88.0 cm³/mol. The molecule has 1 atom stereocenters. The van der Waals surface area contributed by atoms with Crippen molar-refractivity contribution in [2.24, 2.45) is 0 Å². The van der Waals surface area contributed by atoms with Gasteiger partial charge in [-0.3, -0.25) is 4.57 Å². The summed E-state index contributed by atoms with van der Waals surface area (Å²) in [7, 11) is 0. The van der Waals surface area contributed by atoms with Gasteiger partial charge in [0.1, 0.15) is 11.6 Å². The van der Waals surface area contributed by atoms with Crippen molar-refractivity contribution in [3.8, 4) is 5.69 Å². The van der Waals surface area contributed by atoms with Crippen molar-refractivity contribution in [1.29, 1.82) is 0 Å². The molecule has 0 aliphatic rings. The third-order valence-electron chi connectivity index (χ3n) is 3.15. The summed E-state index contributed by atoms with van der Waals surface area (Å²) < 4.78 is 16.1. The minimum absolute atomic E-state index is 0.331. The first kappa shape index (κ1) is 14.8. The minimum atomic E-state index is -0.333. The van der Waals surface area contributed by atoms with Crippen LogP contribution in [0.4, 0.5) is 4.39 Å². The SMILES string of the molecule is CC(Cl)c1nc2cc(F)ccc2n1-c1ccc(Br)cc1Cl. The second-order valence-electron chi connectivity index (χ2n) is 4.65. The highest BCUT2D eigenvalue weighted by molar-refractivity contribution is 9.10. The summed E-state index contributed by atoms with van der Waals surface area (Å²) in [6.45, 7) is 1.82. The Bertz CT molecular complexity index is 830. The molecule has 2 nitrogen and oxygen atoms in total. The van der Waals surface area contributed by atoms with Crippen molar-refractivity contribution in [3.05, 3.63) is 57.5 Å². The van der Waals surface area contributed by atoms with Gasteiger partial charge in [-0.15, -0.1) is 11.6 Å². The largest absolute Gasteiger partial charge is 0.294 e. The highest BCUT2D eigenvalue weighted by atomic mass is 79.9. The molecule has 0 aliphatic carbocycles. The van der Waals surface area contributed by atoms with Crippen LogP contribution in [0.5, 0.6) is 0 Å². The molecular weight excluding hydrogens is 378 g/mol.